The van der Waals surface area contributed by atoms with E-state index in [1.54, 1.807) is 0 Å². The lowest BCUT2D eigenvalue weighted by Gasteiger charge is -2.31. The molecule has 1 aliphatic rings. The summed E-state index contributed by atoms with van der Waals surface area (Å²) in [6.45, 7) is 10.1. The summed E-state index contributed by atoms with van der Waals surface area (Å²) in [6.07, 6.45) is 3.48. The normalized spacial score (nSPS) is 26.4. The second kappa shape index (κ2) is 2.89. The fraction of sp³-hybridized carbons (Fsp3) is 0.545. The van der Waals surface area contributed by atoms with Gasteiger partial charge in [0.2, 0.25) is 0 Å². The van der Waals surface area contributed by atoms with E-state index < -0.39 is 0 Å². The second-order valence-electron chi connectivity index (χ2n) is 4.25. The van der Waals surface area contributed by atoms with Crippen molar-refractivity contribution in [1.82, 2.24) is 0 Å². The first-order chi connectivity index (χ1) is 5.46. The molecule has 0 heterocycles. The molecular formula is C11H16O. The summed E-state index contributed by atoms with van der Waals surface area (Å²) in [7, 11) is 0. The molecular weight excluding hydrogens is 148 g/mol. The summed E-state index contributed by atoms with van der Waals surface area (Å²) in [5, 5.41) is 0. The van der Waals surface area contributed by atoms with Gasteiger partial charge in [0.1, 0.15) is 0 Å². The molecule has 12 heavy (non-hydrogen) atoms. The van der Waals surface area contributed by atoms with Gasteiger partial charge in [-0.25, -0.2) is 0 Å². The van der Waals surface area contributed by atoms with Crippen LogP contribution in [0.3, 0.4) is 0 Å². The van der Waals surface area contributed by atoms with Gasteiger partial charge in [0.15, 0.2) is 5.78 Å². The highest BCUT2D eigenvalue weighted by Crippen LogP contribution is 2.38. The number of Topliss-reactive ketones (excluding diaryl/α,β-unsaturated/α-hetero) is 1. The van der Waals surface area contributed by atoms with Gasteiger partial charge in [0.05, 0.1) is 0 Å². The number of hydrogen-bond donors (Lipinski definition) is 0. The van der Waals surface area contributed by atoms with Crippen molar-refractivity contribution in [3.8, 4) is 0 Å². The molecule has 0 unspecified atom stereocenters. The lowest BCUT2D eigenvalue weighted by Crippen LogP contribution is -2.25. The fourth-order valence-electron chi connectivity index (χ4n) is 1.83. The smallest absolute Gasteiger partial charge is 0.163 e. The van der Waals surface area contributed by atoms with Crippen LogP contribution in [0.25, 0.3) is 0 Å². The van der Waals surface area contributed by atoms with Crippen LogP contribution in [0.2, 0.25) is 0 Å². The van der Waals surface area contributed by atoms with Gasteiger partial charge in [-0.2, -0.15) is 0 Å². The predicted molar refractivity (Wildman–Crippen MR) is 50.9 cm³/mol. The van der Waals surface area contributed by atoms with E-state index in [2.05, 4.69) is 20.4 Å². The molecule has 1 heteroatoms. The Kier molecular flexibility index (Phi) is 2.22. The molecule has 1 fully saturated rings. The average Bonchev–Trinajstić information content (AvgIpc) is 1.82. The van der Waals surface area contributed by atoms with Crippen molar-refractivity contribution in [3.63, 3.8) is 0 Å². The summed E-state index contributed by atoms with van der Waals surface area (Å²) in [5.74, 6) is 0.249. The zero-order valence-electron chi connectivity index (χ0n) is 8.11. The van der Waals surface area contributed by atoms with Crippen molar-refractivity contribution in [2.75, 3.05) is 0 Å². The Morgan fingerprint density at radius 2 is 2.00 bits per heavy atom. The Labute approximate surface area is 74.2 Å². The quantitative estimate of drug-likeness (QED) is 0.503. The Morgan fingerprint density at radius 1 is 1.42 bits per heavy atom. The molecule has 0 aromatic heterocycles. The van der Waals surface area contributed by atoms with E-state index in [0.29, 0.717) is 6.42 Å². The highest BCUT2D eigenvalue weighted by molar-refractivity contribution is 6.00. The van der Waals surface area contributed by atoms with Crippen molar-refractivity contribution < 1.29 is 4.79 Å². The van der Waals surface area contributed by atoms with Crippen LogP contribution in [-0.2, 0) is 4.79 Å². The topological polar surface area (TPSA) is 17.1 Å². The molecule has 0 aromatic carbocycles. The molecule has 0 bridgehead atoms. The zero-order valence-corrected chi connectivity index (χ0v) is 8.11. The summed E-state index contributed by atoms with van der Waals surface area (Å²) >= 11 is 0. The van der Waals surface area contributed by atoms with Gasteiger partial charge in [0, 0.05) is 12.0 Å². The Morgan fingerprint density at radius 3 is 2.42 bits per heavy atom. The average molecular weight is 164 g/mol. The fourth-order valence-corrected chi connectivity index (χ4v) is 1.83. The zero-order chi connectivity index (χ0) is 9.35. The summed E-state index contributed by atoms with van der Waals surface area (Å²) in [5.41, 5.74) is 1.95. The van der Waals surface area contributed by atoms with Crippen molar-refractivity contribution in [1.29, 1.82) is 0 Å². The van der Waals surface area contributed by atoms with Gasteiger partial charge in [-0.3, -0.25) is 4.79 Å². The Hall–Kier alpha value is -0.850. The number of carbonyl (C=O) groups is 1. The maximum atomic E-state index is 11.5. The highest BCUT2D eigenvalue weighted by Gasteiger charge is 2.31. The van der Waals surface area contributed by atoms with Gasteiger partial charge in [-0.05, 0) is 24.3 Å². The molecule has 0 spiro atoms. The standard InChI is InChI=1S/C11H16O/c1-5-9-8(2)6-11(3,4)7-10(9)12/h5H,2,6-7H2,1,3-4H3/b9-5-. The van der Waals surface area contributed by atoms with Crippen LogP contribution in [-0.4, -0.2) is 5.78 Å². The largest absolute Gasteiger partial charge is 0.294 e. The minimum atomic E-state index is 0.112. The van der Waals surface area contributed by atoms with Gasteiger partial charge >= 0.3 is 0 Å². The SMILES string of the molecule is C=C1CC(C)(C)CC(=O)/C1=C\C. The number of allylic oxidation sites excluding steroid dienone is 3. The van der Waals surface area contributed by atoms with E-state index >= 15 is 0 Å². The van der Waals surface area contributed by atoms with Crippen molar-refractivity contribution in [2.45, 2.75) is 33.6 Å². The number of carbonyl (C=O) groups excluding carboxylic acids is 1. The van der Waals surface area contributed by atoms with Gasteiger partial charge < -0.3 is 0 Å². The van der Waals surface area contributed by atoms with E-state index in [1.165, 1.54) is 0 Å². The molecule has 1 nitrogen and oxygen atoms in total. The molecule has 1 rings (SSSR count). The van der Waals surface area contributed by atoms with Crippen LogP contribution < -0.4 is 0 Å². The number of rotatable bonds is 0. The summed E-state index contributed by atoms with van der Waals surface area (Å²) < 4.78 is 0. The molecule has 1 aliphatic carbocycles. The van der Waals surface area contributed by atoms with Crippen LogP contribution in [0.5, 0.6) is 0 Å². The lowest BCUT2D eigenvalue weighted by molar-refractivity contribution is -0.118. The molecule has 1 saturated carbocycles. The van der Waals surface area contributed by atoms with Gasteiger partial charge in [-0.1, -0.05) is 26.5 Å². The van der Waals surface area contributed by atoms with E-state index in [0.717, 1.165) is 17.6 Å². The van der Waals surface area contributed by atoms with E-state index in [9.17, 15) is 4.79 Å². The monoisotopic (exact) mass is 164 g/mol. The van der Waals surface area contributed by atoms with Crippen LogP contribution in [0.15, 0.2) is 23.8 Å². The highest BCUT2D eigenvalue weighted by atomic mass is 16.1. The van der Waals surface area contributed by atoms with Crippen molar-refractivity contribution in [3.05, 3.63) is 23.8 Å². The minimum absolute atomic E-state index is 0.112. The molecule has 0 atom stereocenters. The number of hydrogen-bond acceptors (Lipinski definition) is 1. The lowest BCUT2D eigenvalue weighted by atomic mass is 9.72. The maximum Gasteiger partial charge on any atom is 0.163 e. The van der Waals surface area contributed by atoms with Crippen LogP contribution in [0, 0.1) is 5.41 Å². The Balaban J connectivity index is 2.93. The molecule has 0 aliphatic heterocycles. The van der Waals surface area contributed by atoms with Crippen molar-refractivity contribution in [2.24, 2.45) is 5.41 Å². The summed E-state index contributed by atoms with van der Waals surface area (Å²) in [6, 6.07) is 0. The van der Waals surface area contributed by atoms with Crippen LogP contribution in [0.4, 0.5) is 0 Å². The third-order valence-corrected chi connectivity index (χ3v) is 2.30. The Bertz CT molecular complexity index is 234. The first-order valence-electron chi connectivity index (χ1n) is 4.34. The molecule has 66 valence electrons. The first kappa shape index (κ1) is 9.24. The van der Waals surface area contributed by atoms with Crippen LogP contribution in [0.1, 0.15) is 33.6 Å². The summed E-state index contributed by atoms with van der Waals surface area (Å²) in [4.78, 5) is 11.5. The maximum absolute atomic E-state index is 11.5. The molecule has 0 aromatic rings. The minimum Gasteiger partial charge on any atom is -0.294 e. The molecule has 0 radical (unpaired) electrons. The third-order valence-electron chi connectivity index (χ3n) is 2.30. The van der Waals surface area contributed by atoms with Crippen molar-refractivity contribution >= 4 is 5.78 Å². The number of ketones is 1. The van der Waals surface area contributed by atoms with E-state index in [1.807, 2.05) is 13.0 Å². The second-order valence-corrected chi connectivity index (χ2v) is 4.25. The first-order valence-corrected chi connectivity index (χ1v) is 4.34. The molecule has 0 N–H and O–H groups in total. The van der Waals surface area contributed by atoms with E-state index in [4.69, 9.17) is 0 Å². The predicted octanol–water partition coefficient (Wildman–Crippen LogP) is 2.88. The third kappa shape index (κ3) is 1.66. The van der Waals surface area contributed by atoms with E-state index in [-0.39, 0.29) is 11.2 Å². The molecule has 0 saturated heterocycles. The van der Waals surface area contributed by atoms with Gasteiger partial charge in [-0.15, -0.1) is 0 Å². The van der Waals surface area contributed by atoms with Crippen LogP contribution >= 0.6 is 0 Å². The van der Waals surface area contributed by atoms with Gasteiger partial charge in [0.25, 0.3) is 0 Å². The molecule has 0 amide bonds.